The van der Waals surface area contributed by atoms with Crippen LogP contribution in [0.15, 0.2) is 30.3 Å². The van der Waals surface area contributed by atoms with Crippen LogP contribution in [0.4, 0.5) is 11.6 Å². The highest BCUT2D eigenvalue weighted by atomic mass is 16.5. The Morgan fingerprint density at radius 3 is 2.52 bits per heavy atom. The monoisotopic (exact) mass is 367 g/mol. The maximum absolute atomic E-state index is 12.3. The first-order valence-electron chi connectivity index (χ1n) is 9.43. The topological polar surface area (TPSA) is 70.6 Å². The van der Waals surface area contributed by atoms with Crippen molar-refractivity contribution < 1.29 is 9.53 Å². The first-order valence-corrected chi connectivity index (χ1v) is 9.43. The molecule has 27 heavy (non-hydrogen) atoms. The van der Waals surface area contributed by atoms with Gasteiger partial charge in [-0.15, -0.1) is 0 Å². The van der Waals surface area contributed by atoms with Gasteiger partial charge in [0, 0.05) is 37.9 Å². The normalized spacial score (nSPS) is 17.0. The largest absolute Gasteiger partial charge is 0.495 e. The van der Waals surface area contributed by atoms with Crippen molar-refractivity contribution in [3.8, 4) is 5.75 Å². The third kappa shape index (κ3) is 3.97. The molecule has 1 amide bonds. The van der Waals surface area contributed by atoms with Crippen molar-refractivity contribution in [2.75, 3.05) is 43.1 Å². The zero-order chi connectivity index (χ0) is 18.8. The molecule has 2 fully saturated rings. The summed E-state index contributed by atoms with van der Waals surface area (Å²) in [6.07, 6.45) is 2.13. The number of para-hydroxylation sites is 2. The van der Waals surface area contributed by atoms with E-state index in [0.717, 1.165) is 56.2 Å². The SMILES string of the molecule is COc1ccccc1N1CCN(c2nc(C)cc(C(=O)NC3CC3)n2)CC1. The molecule has 0 bridgehead atoms. The minimum absolute atomic E-state index is 0.100. The lowest BCUT2D eigenvalue weighted by Crippen LogP contribution is -2.47. The van der Waals surface area contributed by atoms with Crippen molar-refractivity contribution in [3.05, 3.63) is 41.7 Å². The van der Waals surface area contributed by atoms with Gasteiger partial charge in [-0.1, -0.05) is 12.1 Å². The fraction of sp³-hybridized carbons (Fsp3) is 0.450. The quantitative estimate of drug-likeness (QED) is 0.872. The Hall–Kier alpha value is -2.83. The van der Waals surface area contributed by atoms with Gasteiger partial charge in [0.15, 0.2) is 0 Å². The Bertz CT molecular complexity index is 829. The Labute approximate surface area is 159 Å². The molecule has 4 rings (SSSR count). The predicted octanol–water partition coefficient (Wildman–Crippen LogP) is 2.01. The first-order chi connectivity index (χ1) is 13.1. The number of rotatable bonds is 5. The molecule has 0 unspecified atom stereocenters. The highest BCUT2D eigenvalue weighted by Crippen LogP contribution is 2.29. The number of ether oxygens (including phenoxy) is 1. The molecule has 2 heterocycles. The summed E-state index contributed by atoms with van der Waals surface area (Å²) in [5, 5.41) is 3.00. The zero-order valence-electron chi connectivity index (χ0n) is 15.8. The molecule has 1 aromatic carbocycles. The van der Waals surface area contributed by atoms with Crippen LogP contribution in [-0.4, -0.2) is 55.2 Å². The van der Waals surface area contributed by atoms with Crippen molar-refractivity contribution in [1.82, 2.24) is 15.3 Å². The van der Waals surface area contributed by atoms with E-state index in [-0.39, 0.29) is 5.91 Å². The third-order valence-corrected chi connectivity index (χ3v) is 4.98. The summed E-state index contributed by atoms with van der Waals surface area (Å²) in [6, 6.07) is 10.1. The summed E-state index contributed by atoms with van der Waals surface area (Å²) >= 11 is 0. The number of hydrogen-bond acceptors (Lipinski definition) is 6. The van der Waals surface area contributed by atoms with Crippen molar-refractivity contribution in [2.45, 2.75) is 25.8 Å². The second-order valence-corrected chi connectivity index (χ2v) is 7.09. The molecule has 0 radical (unpaired) electrons. The highest BCUT2D eigenvalue weighted by molar-refractivity contribution is 5.93. The lowest BCUT2D eigenvalue weighted by atomic mass is 10.2. The van der Waals surface area contributed by atoms with Crippen molar-refractivity contribution in [2.24, 2.45) is 0 Å². The molecule has 2 aromatic rings. The number of piperazine rings is 1. The van der Waals surface area contributed by atoms with E-state index in [2.05, 4.69) is 31.2 Å². The number of aromatic nitrogens is 2. The lowest BCUT2D eigenvalue weighted by Gasteiger charge is -2.36. The summed E-state index contributed by atoms with van der Waals surface area (Å²) in [4.78, 5) is 25.9. The van der Waals surface area contributed by atoms with Crippen LogP contribution in [0.1, 0.15) is 29.0 Å². The maximum atomic E-state index is 12.3. The Morgan fingerprint density at radius 2 is 1.81 bits per heavy atom. The van der Waals surface area contributed by atoms with Gasteiger partial charge in [0.05, 0.1) is 12.8 Å². The zero-order valence-corrected chi connectivity index (χ0v) is 15.8. The third-order valence-electron chi connectivity index (χ3n) is 4.98. The molecular formula is C20H25N5O2. The smallest absolute Gasteiger partial charge is 0.270 e. The van der Waals surface area contributed by atoms with Gasteiger partial charge < -0.3 is 19.9 Å². The van der Waals surface area contributed by atoms with Crippen LogP contribution in [0.2, 0.25) is 0 Å². The summed E-state index contributed by atoms with van der Waals surface area (Å²) in [5.41, 5.74) is 2.37. The number of methoxy groups -OCH3 is 1. The van der Waals surface area contributed by atoms with E-state index < -0.39 is 0 Å². The van der Waals surface area contributed by atoms with Gasteiger partial charge >= 0.3 is 0 Å². The minimum Gasteiger partial charge on any atom is -0.495 e. The van der Waals surface area contributed by atoms with Gasteiger partial charge in [-0.05, 0) is 38.0 Å². The number of hydrogen-bond donors (Lipinski definition) is 1. The molecule has 1 N–H and O–H groups in total. The first kappa shape index (κ1) is 17.6. The number of benzene rings is 1. The molecule has 1 saturated carbocycles. The number of nitrogens with one attached hydrogen (secondary N) is 1. The van der Waals surface area contributed by atoms with Crippen LogP contribution in [0.3, 0.4) is 0 Å². The van der Waals surface area contributed by atoms with E-state index in [9.17, 15) is 4.79 Å². The van der Waals surface area contributed by atoms with Crippen molar-refractivity contribution in [3.63, 3.8) is 0 Å². The van der Waals surface area contributed by atoms with Crippen LogP contribution in [0.5, 0.6) is 5.75 Å². The van der Waals surface area contributed by atoms with Crippen LogP contribution < -0.4 is 19.9 Å². The molecule has 1 aromatic heterocycles. The number of amides is 1. The fourth-order valence-corrected chi connectivity index (χ4v) is 3.34. The predicted molar refractivity (Wildman–Crippen MR) is 105 cm³/mol. The number of carbonyl (C=O) groups is 1. The number of carbonyl (C=O) groups excluding carboxylic acids is 1. The molecule has 0 spiro atoms. The van der Waals surface area contributed by atoms with E-state index in [1.807, 2.05) is 25.1 Å². The van der Waals surface area contributed by atoms with Crippen LogP contribution >= 0.6 is 0 Å². The molecule has 1 aliphatic heterocycles. The molecule has 0 atom stereocenters. The average Bonchev–Trinajstić information content (AvgIpc) is 3.51. The highest BCUT2D eigenvalue weighted by Gasteiger charge is 2.26. The van der Waals surface area contributed by atoms with Crippen molar-refractivity contribution in [1.29, 1.82) is 0 Å². The fourth-order valence-electron chi connectivity index (χ4n) is 3.34. The molecule has 1 saturated heterocycles. The molecule has 7 heteroatoms. The standard InChI is InChI=1S/C20H25N5O2/c1-14-13-16(19(26)22-15-7-8-15)23-20(21-14)25-11-9-24(10-12-25)17-5-3-4-6-18(17)27-2/h3-6,13,15H,7-12H2,1-2H3,(H,22,26). The van der Waals surface area contributed by atoms with Crippen molar-refractivity contribution >= 4 is 17.5 Å². The second kappa shape index (κ2) is 7.42. The molecule has 2 aliphatic rings. The lowest BCUT2D eigenvalue weighted by molar-refractivity contribution is 0.0946. The van der Waals surface area contributed by atoms with Gasteiger partial charge in [0.2, 0.25) is 5.95 Å². The number of aryl methyl sites for hydroxylation is 1. The summed E-state index contributed by atoms with van der Waals surface area (Å²) in [7, 11) is 1.70. The summed E-state index contributed by atoms with van der Waals surface area (Å²) in [5.74, 6) is 1.42. The number of anilines is 2. The molecule has 7 nitrogen and oxygen atoms in total. The van der Waals surface area contributed by atoms with E-state index in [4.69, 9.17) is 4.74 Å². The van der Waals surface area contributed by atoms with Gasteiger partial charge in [0.1, 0.15) is 11.4 Å². The van der Waals surface area contributed by atoms with Gasteiger partial charge in [-0.25, -0.2) is 9.97 Å². The summed E-state index contributed by atoms with van der Waals surface area (Å²) in [6.45, 7) is 5.20. The van der Waals surface area contributed by atoms with Gasteiger partial charge in [-0.3, -0.25) is 4.79 Å². The molecular weight excluding hydrogens is 342 g/mol. The van der Waals surface area contributed by atoms with Crippen LogP contribution in [0, 0.1) is 6.92 Å². The molecule has 1 aliphatic carbocycles. The Balaban J connectivity index is 1.46. The van der Waals surface area contributed by atoms with E-state index >= 15 is 0 Å². The van der Waals surface area contributed by atoms with Gasteiger partial charge in [-0.2, -0.15) is 0 Å². The number of nitrogens with zero attached hydrogens (tertiary/aromatic N) is 4. The van der Waals surface area contributed by atoms with Crippen LogP contribution in [-0.2, 0) is 0 Å². The van der Waals surface area contributed by atoms with Crippen LogP contribution in [0.25, 0.3) is 0 Å². The Morgan fingerprint density at radius 1 is 1.11 bits per heavy atom. The summed E-state index contributed by atoms with van der Waals surface area (Å²) < 4.78 is 5.48. The maximum Gasteiger partial charge on any atom is 0.270 e. The second-order valence-electron chi connectivity index (χ2n) is 7.09. The Kier molecular flexibility index (Phi) is 4.83. The average molecular weight is 367 g/mol. The van der Waals surface area contributed by atoms with Gasteiger partial charge in [0.25, 0.3) is 5.91 Å². The van der Waals surface area contributed by atoms with E-state index in [1.165, 1.54) is 0 Å². The molecule has 142 valence electrons. The van der Waals surface area contributed by atoms with E-state index in [0.29, 0.717) is 17.7 Å². The van der Waals surface area contributed by atoms with E-state index in [1.54, 1.807) is 13.2 Å². The minimum atomic E-state index is -0.100.